The standard InChI is InChI=1S/C13H17FN4/c1-9-7-11(3)18(17-9)8-10(2)15-13-6-4-5-12(14)16-13/h4-7,10H,8H2,1-3H3,(H,15,16)/t10-/m0/s1. The fourth-order valence-electron chi connectivity index (χ4n) is 1.91. The second kappa shape index (κ2) is 5.16. The van der Waals surface area contributed by atoms with Crippen molar-refractivity contribution in [3.8, 4) is 0 Å². The van der Waals surface area contributed by atoms with E-state index < -0.39 is 5.95 Å². The van der Waals surface area contributed by atoms with Gasteiger partial charge in [-0.2, -0.15) is 9.49 Å². The van der Waals surface area contributed by atoms with Gasteiger partial charge in [0.1, 0.15) is 5.82 Å². The molecule has 2 aromatic rings. The van der Waals surface area contributed by atoms with Gasteiger partial charge in [-0.25, -0.2) is 4.98 Å². The number of nitrogens with one attached hydrogen (secondary N) is 1. The summed E-state index contributed by atoms with van der Waals surface area (Å²) < 4.78 is 14.9. The van der Waals surface area contributed by atoms with Gasteiger partial charge in [-0.1, -0.05) is 6.07 Å². The van der Waals surface area contributed by atoms with E-state index in [2.05, 4.69) is 15.4 Å². The summed E-state index contributed by atoms with van der Waals surface area (Å²) in [6.07, 6.45) is 0. The average Bonchev–Trinajstić information content (AvgIpc) is 2.57. The Morgan fingerprint density at radius 2 is 2.17 bits per heavy atom. The van der Waals surface area contributed by atoms with Crippen molar-refractivity contribution in [2.45, 2.75) is 33.4 Å². The zero-order valence-electron chi connectivity index (χ0n) is 10.8. The predicted molar refractivity (Wildman–Crippen MR) is 69.0 cm³/mol. The Kier molecular flexibility index (Phi) is 3.60. The van der Waals surface area contributed by atoms with Crippen LogP contribution in [-0.2, 0) is 6.54 Å². The summed E-state index contributed by atoms with van der Waals surface area (Å²) in [5, 5.41) is 7.55. The van der Waals surface area contributed by atoms with E-state index in [0.717, 1.165) is 17.9 Å². The number of rotatable bonds is 4. The number of anilines is 1. The molecule has 0 fully saturated rings. The summed E-state index contributed by atoms with van der Waals surface area (Å²) in [5.74, 6) is 0.0716. The molecule has 1 atom stereocenters. The third-order valence-corrected chi connectivity index (χ3v) is 2.66. The van der Waals surface area contributed by atoms with Crippen molar-refractivity contribution in [1.29, 1.82) is 0 Å². The molecule has 0 aliphatic carbocycles. The number of hydrogen-bond acceptors (Lipinski definition) is 3. The van der Waals surface area contributed by atoms with Crippen LogP contribution in [0.25, 0.3) is 0 Å². The zero-order valence-corrected chi connectivity index (χ0v) is 10.8. The number of aryl methyl sites for hydroxylation is 2. The molecule has 4 nitrogen and oxygen atoms in total. The highest BCUT2D eigenvalue weighted by atomic mass is 19.1. The Morgan fingerprint density at radius 3 is 2.78 bits per heavy atom. The Bertz CT molecular complexity index is 536. The maximum absolute atomic E-state index is 12.9. The lowest BCUT2D eigenvalue weighted by atomic mass is 10.3. The zero-order chi connectivity index (χ0) is 13.1. The molecule has 0 unspecified atom stereocenters. The van der Waals surface area contributed by atoms with Crippen LogP contribution in [0.15, 0.2) is 24.3 Å². The van der Waals surface area contributed by atoms with Gasteiger partial charge in [0.2, 0.25) is 5.95 Å². The second-order valence-electron chi connectivity index (χ2n) is 4.50. The van der Waals surface area contributed by atoms with Crippen molar-refractivity contribution < 1.29 is 4.39 Å². The van der Waals surface area contributed by atoms with Crippen LogP contribution in [0.5, 0.6) is 0 Å². The van der Waals surface area contributed by atoms with Crippen LogP contribution in [-0.4, -0.2) is 20.8 Å². The quantitative estimate of drug-likeness (QED) is 0.845. The highest BCUT2D eigenvalue weighted by Gasteiger charge is 2.07. The minimum Gasteiger partial charge on any atom is -0.366 e. The Hall–Kier alpha value is -1.91. The molecule has 0 amide bonds. The Morgan fingerprint density at radius 1 is 1.39 bits per heavy atom. The topological polar surface area (TPSA) is 42.7 Å². The van der Waals surface area contributed by atoms with Crippen LogP contribution in [0.1, 0.15) is 18.3 Å². The fraction of sp³-hybridized carbons (Fsp3) is 0.385. The lowest BCUT2D eigenvalue weighted by molar-refractivity contribution is 0.541. The van der Waals surface area contributed by atoms with Crippen molar-refractivity contribution in [1.82, 2.24) is 14.8 Å². The van der Waals surface area contributed by atoms with Crippen molar-refractivity contribution in [2.24, 2.45) is 0 Å². The summed E-state index contributed by atoms with van der Waals surface area (Å²) in [6, 6.07) is 6.88. The molecule has 5 heteroatoms. The maximum atomic E-state index is 12.9. The molecule has 0 saturated heterocycles. The molecule has 0 aromatic carbocycles. The molecular formula is C13H17FN4. The molecule has 2 heterocycles. The van der Waals surface area contributed by atoms with Gasteiger partial charge >= 0.3 is 0 Å². The number of halogens is 1. The lowest BCUT2D eigenvalue weighted by Gasteiger charge is -2.15. The van der Waals surface area contributed by atoms with E-state index >= 15 is 0 Å². The van der Waals surface area contributed by atoms with Crippen molar-refractivity contribution in [3.63, 3.8) is 0 Å². The molecule has 0 bridgehead atoms. The number of hydrogen-bond donors (Lipinski definition) is 1. The largest absolute Gasteiger partial charge is 0.366 e. The Labute approximate surface area is 106 Å². The van der Waals surface area contributed by atoms with Gasteiger partial charge in [-0.15, -0.1) is 0 Å². The van der Waals surface area contributed by atoms with Gasteiger partial charge in [0.15, 0.2) is 0 Å². The number of aromatic nitrogens is 3. The van der Waals surface area contributed by atoms with Gasteiger partial charge in [-0.05, 0) is 39.0 Å². The molecule has 18 heavy (non-hydrogen) atoms. The normalized spacial score (nSPS) is 12.4. The highest BCUT2D eigenvalue weighted by molar-refractivity contribution is 5.34. The number of nitrogens with zero attached hydrogens (tertiary/aromatic N) is 3. The number of pyridine rings is 1. The van der Waals surface area contributed by atoms with Gasteiger partial charge in [0.05, 0.1) is 12.2 Å². The molecule has 0 radical (unpaired) electrons. The first kappa shape index (κ1) is 12.5. The molecule has 2 aromatic heterocycles. The van der Waals surface area contributed by atoms with E-state index in [1.54, 1.807) is 12.1 Å². The van der Waals surface area contributed by atoms with Crippen molar-refractivity contribution in [2.75, 3.05) is 5.32 Å². The third-order valence-electron chi connectivity index (χ3n) is 2.66. The summed E-state index contributed by atoms with van der Waals surface area (Å²) in [7, 11) is 0. The smallest absolute Gasteiger partial charge is 0.214 e. The predicted octanol–water partition coefficient (Wildman–Crippen LogP) is 2.53. The summed E-state index contributed by atoms with van der Waals surface area (Å²) in [5.41, 5.74) is 2.12. The van der Waals surface area contributed by atoms with Crippen LogP contribution in [0.3, 0.4) is 0 Å². The summed E-state index contributed by atoms with van der Waals surface area (Å²) in [4.78, 5) is 3.77. The van der Waals surface area contributed by atoms with E-state index in [0.29, 0.717) is 5.82 Å². The monoisotopic (exact) mass is 248 g/mol. The maximum Gasteiger partial charge on any atom is 0.214 e. The minimum absolute atomic E-state index is 0.122. The van der Waals surface area contributed by atoms with Crippen LogP contribution >= 0.6 is 0 Å². The molecule has 0 aliphatic heterocycles. The van der Waals surface area contributed by atoms with E-state index in [9.17, 15) is 4.39 Å². The van der Waals surface area contributed by atoms with Gasteiger partial charge < -0.3 is 5.32 Å². The molecule has 1 N–H and O–H groups in total. The lowest BCUT2D eigenvalue weighted by Crippen LogP contribution is -2.23. The first-order valence-corrected chi connectivity index (χ1v) is 5.95. The molecule has 0 aliphatic rings. The van der Waals surface area contributed by atoms with Gasteiger partial charge in [0, 0.05) is 11.7 Å². The van der Waals surface area contributed by atoms with E-state index in [4.69, 9.17) is 0 Å². The van der Waals surface area contributed by atoms with Crippen LogP contribution in [0, 0.1) is 19.8 Å². The average molecular weight is 248 g/mol. The summed E-state index contributed by atoms with van der Waals surface area (Å²) >= 11 is 0. The minimum atomic E-state index is -0.474. The van der Waals surface area contributed by atoms with Crippen LogP contribution in [0.4, 0.5) is 10.2 Å². The SMILES string of the molecule is Cc1cc(C)n(C[C@H](C)Nc2cccc(F)n2)n1. The van der Waals surface area contributed by atoms with E-state index in [-0.39, 0.29) is 6.04 Å². The molecule has 0 saturated carbocycles. The first-order valence-electron chi connectivity index (χ1n) is 5.95. The summed E-state index contributed by atoms with van der Waals surface area (Å²) in [6.45, 7) is 6.73. The van der Waals surface area contributed by atoms with E-state index in [1.807, 2.05) is 31.5 Å². The van der Waals surface area contributed by atoms with Gasteiger partial charge in [0.25, 0.3) is 0 Å². The second-order valence-corrected chi connectivity index (χ2v) is 4.50. The van der Waals surface area contributed by atoms with Crippen molar-refractivity contribution >= 4 is 5.82 Å². The van der Waals surface area contributed by atoms with E-state index in [1.165, 1.54) is 6.07 Å². The van der Waals surface area contributed by atoms with Crippen LogP contribution < -0.4 is 5.32 Å². The molecule has 96 valence electrons. The Balaban J connectivity index is 2.00. The molecule has 0 spiro atoms. The molecular weight excluding hydrogens is 231 g/mol. The first-order chi connectivity index (χ1) is 8.54. The van der Waals surface area contributed by atoms with Crippen molar-refractivity contribution in [3.05, 3.63) is 41.6 Å². The highest BCUT2D eigenvalue weighted by Crippen LogP contribution is 2.08. The fourth-order valence-corrected chi connectivity index (χ4v) is 1.91. The third kappa shape index (κ3) is 3.06. The molecule has 2 rings (SSSR count). The van der Waals surface area contributed by atoms with Gasteiger partial charge in [-0.3, -0.25) is 4.68 Å². The van der Waals surface area contributed by atoms with Crippen LogP contribution in [0.2, 0.25) is 0 Å².